The highest BCUT2D eigenvalue weighted by Crippen LogP contribution is 2.30. The third-order valence-electron chi connectivity index (χ3n) is 3.96. The largest absolute Gasteiger partial charge is 0.413 e. The van der Waals surface area contributed by atoms with Gasteiger partial charge in [0.25, 0.3) is 0 Å². The number of hydrogen-bond acceptors (Lipinski definition) is 7. The van der Waals surface area contributed by atoms with Crippen LogP contribution in [0.3, 0.4) is 0 Å². The normalized spacial score (nSPS) is 11.5. The van der Waals surface area contributed by atoms with E-state index in [1.807, 2.05) is 0 Å². The molecule has 3 aromatic heterocycles. The van der Waals surface area contributed by atoms with E-state index in [1.54, 1.807) is 19.2 Å². The SMILES string of the molecule is Cc1nc(CCc2c(-c3ccc(F)cn3)noc2C)sc1OC(=O)NCC(F)(F)F. The third-order valence-corrected chi connectivity index (χ3v) is 5.06. The molecule has 30 heavy (non-hydrogen) atoms. The van der Waals surface area contributed by atoms with E-state index in [9.17, 15) is 22.4 Å². The van der Waals surface area contributed by atoms with Gasteiger partial charge in [-0.1, -0.05) is 16.5 Å². The first-order valence-corrected chi connectivity index (χ1v) is 9.50. The molecule has 0 radical (unpaired) electrons. The number of rotatable bonds is 6. The summed E-state index contributed by atoms with van der Waals surface area (Å²) >= 11 is 1.06. The van der Waals surface area contributed by atoms with Gasteiger partial charge in [-0.15, -0.1) is 0 Å². The first kappa shape index (κ1) is 21.7. The number of thiazole rings is 1. The van der Waals surface area contributed by atoms with Crippen molar-refractivity contribution in [3.8, 4) is 16.5 Å². The Kier molecular flexibility index (Phi) is 6.34. The number of aryl methyl sites for hydroxylation is 3. The molecule has 1 N–H and O–H groups in total. The van der Waals surface area contributed by atoms with E-state index in [0.29, 0.717) is 40.7 Å². The Balaban J connectivity index is 1.66. The third kappa shape index (κ3) is 5.53. The number of aromatic nitrogens is 3. The molecule has 0 aliphatic heterocycles. The molecule has 0 aliphatic rings. The highest BCUT2D eigenvalue weighted by Gasteiger charge is 2.28. The molecular formula is C18H16F4N4O3S. The average Bonchev–Trinajstić information content (AvgIpc) is 3.21. The van der Waals surface area contributed by atoms with Crippen molar-refractivity contribution in [2.45, 2.75) is 32.9 Å². The predicted octanol–water partition coefficient (Wildman–Crippen LogP) is 4.38. The molecule has 7 nitrogen and oxygen atoms in total. The topological polar surface area (TPSA) is 90.1 Å². The van der Waals surface area contributed by atoms with Crippen molar-refractivity contribution in [1.29, 1.82) is 0 Å². The molecule has 0 spiro atoms. The van der Waals surface area contributed by atoms with E-state index in [4.69, 9.17) is 9.26 Å². The van der Waals surface area contributed by atoms with Crippen LogP contribution in [-0.2, 0) is 12.8 Å². The summed E-state index contributed by atoms with van der Waals surface area (Å²) in [5.41, 5.74) is 2.11. The van der Waals surface area contributed by atoms with Crippen LogP contribution in [-0.4, -0.2) is 33.9 Å². The highest BCUT2D eigenvalue weighted by molar-refractivity contribution is 7.13. The molecule has 160 valence electrons. The van der Waals surface area contributed by atoms with Gasteiger partial charge in [-0.3, -0.25) is 4.98 Å². The van der Waals surface area contributed by atoms with Crippen LogP contribution in [0.2, 0.25) is 0 Å². The summed E-state index contributed by atoms with van der Waals surface area (Å²) in [4.78, 5) is 19.8. The molecule has 3 aromatic rings. The minimum absolute atomic E-state index is 0.118. The average molecular weight is 444 g/mol. The van der Waals surface area contributed by atoms with Crippen molar-refractivity contribution < 1.29 is 31.6 Å². The second kappa shape index (κ2) is 8.78. The molecule has 0 atom stereocenters. The summed E-state index contributed by atoms with van der Waals surface area (Å²) < 4.78 is 59.8. The van der Waals surface area contributed by atoms with Crippen LogP contribution in [0, 0.1) is 19.7 Å². The second-order valence-electron chi connectivity index (χ2n) is 6.27. The van der Waals surface area contributed by atoms with E-state index in [0.717, 1.165) is 23.1 Å². The maximum absolute atomic E-state index is 13.1. The van der Waals surface area contributed by atoms with Gasteiger partial charge in [0, 0.05) is 12.0 Å². The van der Waals surface area contributed by atoms with Gasteiger partial charge in [0.1, 0.15) is 23.8 Å². The van der Waals surface area contributed by atoms with E-state index < -0.39 is 24.6 Å². The molecule has 0 fully saturated rings. The first-order valence-electron chi connectivity index (χ1n) is 8.68. The number of nitrogens with zero attached hydrogens (tertiary/aromatic N) is 3. The molecule has 0 saturated heterocycles. The Labute approximate surface area is 172 Å². The molecule has 0 aliphatic carbocycles. The minimum Gasteiger partial charge on any atom is -0.397 e. The van der Waals surface area contributed by atoms with Gasteiger partial charge in [0.2, 0.25) is 5.06 Å². The number of pyridine rings is 1. The maximum atomic E-state index is 13.1. The highest BCUT2D eigenvalue weighted by atomic mass is 32.1. The standard InChI is InChI=1S/C18H16F4N4O3S/c1-9-16(28-17(27)24-8-18(20,21)22)30-14(25-9)6-4-12-10(2)29-26-15(12)13-5-3-11(19)7-23-13/h3,5,7H,4,6,8H2,1-2H3,(H,24,27). The minimum atomic E-state index is -4.53. The number of nitrogens with one attached hydrogen (secondary N) is 1. The summed E-state index contributed by atoms with van der Waals surface area (Å²) in [7, 11) is 0. The summed E-state index contributed by atoms with van der Waals surface area (Å²) in [6.07, 6.45) is -3.74. The van der Waals surface area contributed by atoms with Crippen molar-refractivity contribution >= 4 is 17.4 Å². The number of carbonyl (C=O) groups is 1. The summed E-state index contributed by atoms with van der Waals surface area (Å²) in [5.74, 6) is 0.109. The van der Waals surface area contributed by atoms with Crippen LogP contribution in [0.25, 0.3) is 11.4 Å². The lowest BCUT2D eigenvalue weighted by Gasteiger charge is -2.07. The van der Waals surface area contributed by atoms with Gasteiger partial charge < -0.3 is 14.6 Å². The van der Waals surface area contributed by atoms with Crippen LogP contribution in [0.1, 0.15) is 22.0 Å². The number of ether oxygens (including phenoxy) is 1. The van der Waals surface area contributed by atoms with Gasteiger partial charge in [-0.25, -0.2) is 14.2 Å². The fraction of sp³-hybridized carbons (Fsp3) is 0.333. The van der Waals surface area contributed by atoms with E-state index in [-0.39, 0.29) is 5.06 Å². The molecule has 0 bridgehead atoms. The van der Waals surface area contributed by atoms with Crippen molar-refractivity contribution in [2.24, 2.45) is 0 Å². The molecule has 3 heterocycles. The first-order chi connectivity index (χ1) is 14.1. The number of amides is 1. The summed E-state index contributed by atoms with van der Waals surface area (Å²) in [6, 6.07) is 2.77. The maximum Gasteiger partial charge on any atom is 0.413 e. The number of carbonyl (C=O) groups excluding carboxylic acids is 1. The van der Waals surface area contributed by atoms with Crippen LogP contribution in [0.5, 0.6) is 5.06 Å². The zero-order valence-electron chi connectivity index (χ0n) is 15.8. The van der Waals surface area contributed by atoms with Crippen molar-refractivity contribution in [3.63, 3.8) is 0 Å². The zero-order valence-corrected chi connectivity index (χ0v) is 16.7. The van der Waals surface area contributed by atoms with E-state index >= 15 is 0 Å². The lowest BCUT2D eigenvalue weighted by atomic mass is 10.1. The van der Waals surface area contributed by atoms with E-state index in [2.05, 4.69) is 15.1 Å². The Morgan fingerprint density at radius 1 is 1.27 bits per heavy atom. The van der Waals surface area contributed by atoms with Crippen LogP contribution in [0.15, 0.2) is 22.9 Å². The van der Waals surface area contributed by atoms with Gasteiger partial charge in [-0.2, -0.15) is 13.2 Å². The lowest BCUT2D eigenvalue weighted by Crippen LogP contribution is -2.35. The molecule has 12 heteroatoms. The molecule has 0 unspecified atom stereocenters. The monoisotopic (exact) mass is 444 g/mol. The molecular weight excluding hydrogens is 428 g/mol. The van der Waals surface area contributed by atoms with Gasteiger partial charge in [-0.05, 0) is 32.4 Å². The number of alkyl halides is 3. The number of halogens is 4. The predicted molar refractivity (Wildman–Crippen MR) is 98.8 cm³/mol. The molecule has 3 rings (SSSR count). The Morgan fingerprint density at radius 2 is 2.03 bits per heavy atom. The van der Waals surface area contributed by atoms with Crippen LogP contribution < -0.4 is 10.1 Å². The second-order valence-corrected chi connectivity index (χ2v) is 7.31. The van der Waals surface area contributed by atoms with E-state index in [1.165, 1.54) is 12.1 Å². The van der Waals surface area contributed by atoms with Crippen LogP contribution >= 0.6 is 11.3 Å². The Hall–Kier alpha value is -3.02. The molecule has 0 aromatic carbocycles. The molecule has 1 amide bonds. The fourth-order valence-electron chi connectivity index (χ4n) is 2.57. The summed E-state index contributed by atoms with van der Waals surface area (Å²) in [6.45, 7) is 1.84. The Bertz CT molecular complexity index is 1030. The van der Waals surface area contributed by atoms with Gasteiger partial charge in [0.05, 0.1) is 22.6 Å². The van der Waals surface area contributed by atoms with Crippen molar-refractivity contribution in [3.05, 3.63) is 46.2 Å². The lowest BCUT2D eigenvalue weighted by molar-refractivity contribution is -0.123. The number of hydrogen-bond donors (Lipinski definition) is 1. The van der Waals surface area contributed by atoms with Crippen LogP contribution in [0.4, 0.5) is 22.4 Å². The van der Waals surface area contributed by atoms with Crippen molar-refractivity contribution in [1.82, 2.24) is 20.4 Å². The fourth-order valence-corrected chi connectivity index (χ4v) is 3.48. The summed E-state index contributed by atoms with van der Waals surface area (Å²) in [5, 5.41) is 6.35. The smallest absolute Gasteiger partial charge is 0.397 e. The van der Waals surface area contributed by atoms with Crippen molar-refractivity contribution in [2.75, 3.05) is 6.54 Å². The molecule has 0 saturated carbocycles. The zero-order chi connectivity index (χ0) is 21.9. The van der Waals surface area contributed by atoms with Gasteiger partial charge >= 0.3 is 12.3 Å². The van der Waals surface area contributed by atoms with Gasteiger partial charge in [0.15, 0.2) is 0 Å². The Morgan fingerprint density at radius 3 is 2.70 bits per heavy atom. The quantitative estimate of drug-likeness (QED) is 0.568.